The van der Waals surface area contributed by atoms with Gasteiger partial charge in [-0.25, -0.2) is 0 Å². The first kappa shape index (κ1) is 20.8. The number of likely N-dealkylation sites (tertiary alicyclic amines) is 1. The van der Waals surface area contributed by atoms with E-state index in [4.69, 9.17) is 0 Å². The molecule has 4 nitrogen and oxygen atoms in total. The third kappa shape index (κ3) is 5.35. The predicted molar refractivity (Wildman–Crippen MR) is 119 cm³/mol. The monoisotopic (exact) mass is 390 g/mol. The maximum Gasteiger partial charge on any atom is 0.246 e. The first-order valence-corrected chi connectivity index (χ1v) is 10.4. The number of amides is 2. The van der Waals surface area contributed by atoms with Crippen molar-refractivity contribution in [3.8, 4) is 0 Å². The van der Waals surface area contributed by atoms with Crippen LogP contribution in [0.3, 0.4) is 0 Å². The first-order chi connectivity index (χ1) is 14.0. The van der Waals surface area contributed by atoms with E-state index < -0.39 is 0 Å². The van der Waals surface area contributed by atoms with E-state index in [9.17, 15) is 9.59 Å². The molecule has 1 N–H and O–H groups in total. The Morgan fingerprint density at radius 1 is 1.03 bits per heavy atom. The van der Waals surface area contributed by atoms with Crippen molar-refractivity contribution in [3.05, 3.63) is 71.3 Å². The molecule has 152 valence electrons. The molecule has 0 spiro atoms. The van der Waals surface area contributed by atoms with Crippen molar-refractivity contribution in [2.24, 2.45) is 5.92 Å². The highest BCUT2D eigenvalue weighted by atomic mass is 16.2. The molecule has 1 aliphatic rings. The minimum absolute atomic E-state index is 0.00806. The number of hydrogen-bond donors (Lipinski definition) is 1. The number of nitrogens with one attached hydrogen (secondary N) is 1. The molecule has 0 aromatic heterocycles. The van der Waals surface area contributed by atoms with Crippen molar-refractivity contribution in [1.82, 2.24) is 4.90 Å². The Kier molecular flexibility index (Phi) is 6.86. The Morgan fingerprint density at radius 2 is 1.72 bits per heavy atom. The molecule has 0 unspecified atom stereocenters. The lowest BCUT2D eigenvalue weighted by Gasteiger charge is -2.31. The third-order valence-electron chi connectivity index (χ3n) is 5.57. The minimum atomic E-state index is -0.0585. The maximum atomic E-state index is 12.9. The van der Waals surface area contributed by atoms with Crippen LogP contribution in [-0.2, 0) is 9.59 Å². The second-order valence-electron chi connectivity index (χ2n) is 8.03. The fraction of sp³-hybridized carbons (Fsp3) is 0.360. The quantitative estimate of drug-likeness (QED) is 0.730. The maximum absolute atomic E-state index is 12.9. The molecular weight excluding hydrogens is 360 g/mol. The molecule has 2 aromatic carbocycles. The van der Waals surface area contributed by atoms with Crippen LogP contribution in [0, 0.1) is 12.8 Å². The summed E-state index contributed by atoms with van der Waals surface area (Å²) in [6.45, 7) is 7.53. The summed E-state index contributed by atoms with van der Waals surface area (Å²) in [6, 6.07) is 15.9. The smallest absolute Gasteiger partial charge is 0.246 e. The van der Waals surface area contributed by atoms with Gasteiger partial charge in [0, 0.05) is 30.8 Å². The summed E-state index contributed by atoms with van der Waals surface area (Å²) in [5.41, 5.74) is 4.20. The van der Waals surface area contributed by atoms with Crippen LogP contribution >= 0.6 is 0 Å². The van der Waals surface area contributed by atoms with Crippen molar-refractivity contribution in [2.45, 2.75) is 39.5 Å². The number of para-hydroxylation sites is 1. The van der Waals surface area contributed by atoms with Gasteiger partial charge in [-0.15, -0.1) is 0 Å². The Morgan fingerprint density at radius 3 is 2.38 bits per heavy atom. The molecule has 0 atom stereocenters. The largest absolute Gasteiger partial charge is 0.339 e. The van der Waals surface area contributed by atoms with Crippen LogP contribution in [0.5, 0.6) is 0 Å². The number of hydrogen-bond acceptors (Lipinski definition) is 2. The molecule has 4 heteroatoms. The van der Waals surface area contributed by atoms with Gasteiger partial charge < -0.3 is 10.2 Å². The van der Waals surface area contributed by atoms with Gasteiger partial charge in [0.15, 0.2) is 0 Å². The van der Waals surface area contributed by atoms with Gasteiger partial charge >= 0.3 is 0 Å². The zero-order chi connectivity index (χ0) is 20.8. The summed E-state index contributed by atoms with van der Waals surface area (Å²) >= 11 is 0. The Bertz CT molecular complexity index is 879. The van der Waals surface area contributed by atoms with Crippen molar-refractivity contribution in [2.75, 3.05) is 18.4 Å². The fourth-order valence-electron chi connectivity index (χ4n) is 3.77. The second kappa shape index (κ2) is 9.55. The van der Waals surface area contributed by atoms with Crippen LogP contribution < -0.4 is 5.32 Å². The number of rotatable bonds is 5. The van der Waals surface area contributed by atoms with E-state index >= 15 is 0 Å². The van der Waals surface area contributed by atoms with E-state index in [-0.39, 0.29) is 17.7 Å². The predicted octanol–water partition coefficient (Wildman–Crippen LogP) is 5.01. The molecule has 1 saturated heterocycles. The Hall–Kier alpha value is -2.88. The number of carbonyl (C=O) groups excluding carboxylic acids is 2. The van der Waals surface area contributed by atoms with Gasteiger partial charge in [0.05, 0.1) is 0 Å². The third-order valence-corrected chi connectivity index (χ3v) is 5.57. The van der Waals surface area contributed by atoms with Crippen LogP contribution in [0.15, 0.2) is 54.6 Å². The van der Waals surface area contributed by atoms with Crippen molar-refractivity contribution < 1.29 is 9.59 Å². The molecule has 1 aliphatic heterocycles. The average molecular weight is 391 g/mol. The number of aryl methyl sites for hydroxylation is 1. The van der Waals surface area contributed by atoms with Crippen molar-refractivity contribution in [1.29, 1.82) is 0 Å². The number of carbonyl (C=O) groups is 2. The number of benzene rings is 2. The van der Waals surface area contributed by atoms with Gasteiger partial charge in [0.25, 0.3) is 0 Å². The summed E-state index contributed by atoms with van der Waals surface area (Å²) in [4.78, 5) is 27.1. The van der Waals surface area contributed by atoms with E-state index in [1.807, 2.05) is 60.4 Å². The van der Waals surface area contributed by atoms with Crippen LogP contribution in [0.1, 0.15) is 49.3 Å². The highest BCUT2D eigenvalue weighted by molar-refractivity contribution is 5.95. The normalized spacial score (nSPS) is 15.1. The summed E-state index contributed by atoms with van der Waals surface area (Å²) < 4.78 is 0. The Labute approximate surface area is 173 Å². The number of piperidine rings is 1. The van der Waals surface area contributed by atoms with E-state index in [1.54, 1.807) is 6.08 Å². The topological polar surface area (TPSA) is 49.4 Å². The van der Waals surface area contributed by atoms with Crippen molar-refractivity contribution in [3.63, 3.8) is 0 Å². The van der Waals surface area contributed by atoms with Gasteiger partial charge in [-0.2, -0.15) is 0 Å². The molecule has 2 aromatic rings. The molecule has 0 radical (unpaired) electrons. The van der Waals surface area contributed by atoms with Crippen LogP contribution in [0.4, 0.5) is 5.69 Å². The Balaban J connectivity index is 1.56. The first-order valence-electron chi connectivity index (χ1n) is 10.4. The lowest BCUT2D eigenvalue weighted by atomic mass is 9.94. The van der Waals surface area contributed by atoms with Gasteiger partial charge in [-0.05, 0) is 48.4 Å². The van der Waals surface area contributed by atoms with Gasteiger partial charge in [0.2, 0.25) is 11.8 Å². The van der Waals surface area contributed by atoms with Gasteiger partial charge in [0.1, 0.15) is 0 Å². The molecule has 2 amide bonds. The molecule has 0 aliphatic carbocycles. The van der Waals surface area contributed by atoms with E-state index in [0.29, 0.717) is 31.8 Å². The molecule has 29 heavy (non-hydrogen) atoms. The van der Waals surface area contributed by atoms with E-state index in [1.165, 1.54) is 0 Å². The highest BCUT2D eigenvalue weighted by Crippen LogP contribution is 2.29. The fourth-order valence-corrected chi connectivity index (χ4v) is 3.77. The molecular formula is C25H30N2O2. The summed E-state index contributed by atoms with van der Waals surface area (Å²) in [5.74, 6) is 0.361. The van der Waals surface area contributed by atoms with Crippen molar-refractivity contribution >= 4 is 23.6 Å². The summed E-state index contributed by atoms with van der Waals surface area (Å²) in [5, 5.41) is 3.16. The van der Waals surface area contributed by atoms with Crippen LogP contribution in [0.25, 0.3) is 6.08 Å². The van der Waals surface area contributed by atoms with Crippen LogP contribution in [-0.4, -0.2) is 29.8 Å². The zero-order valence-electron chi connectivity index (χ0n) is 17.5. The van der Waals surface area contributed by atoms with E-state index in [2.05, 4.69) is 25.2 Å². The van der Waals surface area contributed by atoms with Crippen LogP contribution in [0.2, 0.25) is 0 Å². The zero-order valence-corrected chi connectivity index (χ0v) is 17.5. The molecule has 1 heterocycles. The van der Waals surface area contributed by atoms with Gasteiger partial charge in [-0.1, -0.05) is 62.4 Å². The average Bonchev–Trinajstić information content (AvgIpc) is 2.74. The van der Waals surface area contributed by atoms with Gasteiger partial charge in [-0.3, -0.25) is 9.59 Å². The van der Waals surface area contributed by atoms with E-state index in [0.717, 1.165) is 22.4 Å². The molecule has 1 fully saturated rings. The number of nitrogens with zero attached hydrogens (tertiary/aromatic N) is 1. The highest BCUT2D eigenvalue weighted by Gasteiger charge is 2.27. The molecule has 0 saturated carbocycles. The summed E-state index contributed by atoms with van der Waals surface area (Å²) in [6.07, 6.45) is 4.85. The molecule has 3 rings (SSSR count). The SMILES string of the molecule is Cc1cccc(C(C)C)c1NC(=O)C1CCN(C(=O)/C=C/c2ccccc2)CC1. The second-order valence-corrected chi connectivity index (χ2v) is 8.03. The standard InChI is InChI=1S/C25H30N2O2/c1-18(2)22-11-7-8-19(3)24(22)26-25(29)21-14-16-27(17-15-21)23(28)13-12-20-9-5-4-6-10-20/h4-13,18,21H,14-17H2,1-3H3,(H,26,29)/b13-12+. The lowest BCUT2D eigenvalue weighted by Crippen LogP contribution is -2.40. The minimum Gasteiger partial charge on any atom is -0.339 e. The molecule has 0 bridgehead atoms. The lowest BCUT2D eigenvalue weighted by molar-refractivity contribution is -0.130. The summed E-state index contributed by atoms with van der Waals surface area (Å²) in [7, 11) is 0. The number of anilines is 1.